The summed E-state index contributed by atoms with van der Waals surface area (Å²) in [6.45, 7) is 4.06. The maximum atomic E-state index is 6.01. The van der Waals surface area contributed by atoms with Crippen molar-refractivity contribution in [3.05, 3.63) is 35.4 Å². The van der Waals surface area contributed by atoms with Crippen LogP contribution in [0.2, 0.25) is 5.15 Å². The standard InChI is InChI=1S/C13H14ClN3O/c1-8(2)13-16-10(6-11(14)17-13)9-4-5-12(18-3)15-7-9/h4-8H,1-3H3. The third kappa shape index (κ3) is 2.76. The van der Waals surface area contributed by atoms with Crippen molar-refractivity contribution in [1.29, 1.82) is 0 Å². The third-order valence-electron chi connectivity index (χ3n) is 2.47. The highest BCUT2D eigenvalue weighted by Gasteiger charge is 2.09. The lowest BCUT2D eigenvalue weighted by molar-refractivity contribution is 0.398. The summed E-state index contributed by atoms with van der Waals surface area (Å²) in [6, 6.07) is 5.42. The Morgan fingerprint density at radius 3 is 2.56 bits per heavy atom. The Bertz CT molecular complexity index is 540. The monoisotopic (exact) mass is 263 g/mol. The van der Waals surface area contributed by atoms with Crippen LogP contribution in [0.4, 0.5) is 0 Å². The lowest BCUT2D eigenvalue weighted by Gasteiger charge is -2.07. The smallest absolute Gasteiger partial charge is 0.212 e. The van der Waals surface area contributed by atoms with E-state index in [1.807, 2.05) is 19.9 Å². The molecule has 0 atom stereocenters. The van der Waals surface area contributed by atoms with Crippen LogP contribution in [0.15, 0.2) is 24.4 Å². The van der Waals surface area contributed by atoms with Crippen LogP contribution in [-0.4, -0.2) is 22.1 Å². The van der Waals surface area contributed by atoms with Gasteiger partial charge in [0.1, 0.15) is 11.0 Å². The van der Waals surface area contributed by atoms with Crippen molar-refractivity contribution in [2.24, 2.45) is 0 Å². The predicted octanol–water partition coefficient (Wildman–Crippen LogP) is 3.32. The van der Waals surface area contributed by atoms with Gasteiger partial charge in [-0.15, -0.1) is 0 Å². The molecule has 0 spiro atoms. The SMILES string of the molecule is COc1ccc(-c2cc(Cl)nc(C(C)C)n2)cn1. The maximum Gasteiger partial charge on any atom is 0.212 e. The van der Waals surface area contributed by atoms with Crippen LogP contribution in [0.1, 0.15) is 25.6 Å². The Kier molecular flexibility index (Phi) is 3.77. The van der Waals surface area contributed by atoms with Crippen LogP contribution in [0.25, 0.3) is 11.3 Å². The van der Waals surface area contributed by atoms with Crippen molar-refractivity contribution < 1.29 is 4.74 Å². The molecular formula is C13H14ClN3O. The van der Waals surface area contributed by atoms with E-state index in [1.165, 1.54) is 0 Å². The number of hydrogen-bond donors (Lipinski definition) is 0. The van der Waals surface area contributed by atoms with Gasteiger partial charge in [-0.25, -0.2) is 15.0 Å². The lowest BCUT2D eigenvalue weighted by atomic mass is 10.1. The summed E-state index contributed by atoms with van der Waals surface area (Å²) >= 11 is 6.01. The number of pyridine rings is 1. The quantitative estimate of drug-likeness (QED) is 0.797. The van der Waals surface area contributed by atoms with Gasteiger partial charge in [-0.1, -0.05) is 25.4 Å². The molecule has 0 N–H and O–H groups in total. The summed E-state index contributed by atoms with van der Waals surface area (Å²) in [5.41, 5.74) is 1.66. The first-order valence-electron chi connectivity index (χ1n) is 5.65. The topological polar surface area (TPSA) is 47.9 Å². The minimum atomic E-state index is 0.230. The molecular weight excluding hydrogens is 250 g/mol. The van der Waals surface area contributed by atoms with E-state index in [0.717, 1.165) is 17.1 Å². The number of methoxy groups -OCH3 is 1. The average Bonchev–Trinajstić information content (AvgIpc) is 2.38. The molecule has 4 nitrogen and oxygen atoms in total. The van der Waals surface area contributed by atoms with E-state index in [-0.39, 0.29) is 5.92 Å². The van der Waals surface area contributed by atoms with E-state index in [2.05, 4.69) is 15.0 Å². The zero-order chi connectivity index (χ0) is 13.1. The number of hydrogen-bond acceptors (Lipinski definition) is 4. The van der Waals surface area contributed by atoms with Crippen LogP contribution < -0.4 is 4.74 Å². The fourth-order valence-electron chi connectivity index (χ4n) is 1.49. The Balaban J connectivity index is 2.42. The summed E-state index contributed by atoms with van der Waals surface area (Å²) in [4.78, 5) is 12.8. The molecule has 0 aliphatic rings. The Morgan fingerprint density at radius 1 is 1.22 bits per heavy atom. The van der Waals surface area contributed by atoms with Crippen molar-refractivity contribution >= 4 is 11.6 Å². The van der Waals surface area contributed by atoms with Gasteiger partial charge in [0.15, 0.2) is 0 Å². The van der Waals surface area contributed by atoms with Gasteiger partial charge in [0, 0.05) is 29.8 Å². The molecule has 2 rings (SSSR count). The predicted molar refractivity (Wildman–Crippen MR) is 70.9 cm³/mol. The molecule has 0 radical (unpaired) electrons. The van der Waals surface area contributed by atoms with E-state index in [9.17, 15) is 0 Å². The molecule has 0 unspecified atom stereocenters. The molecule has 0 amide bonds. The van der Waals surface area contributed by atoms with Crippen molar-refractivity contribution in [1.82, 2.24) is 15.0 Å². The first-order chi connectivity index (χ1) is 8.60. The molecule has 0 saturated carbocycles. The number of aromatic nitrogens is 3. The van der Waals surface area contributed by atoms with Gasteiger partial charge in [0.25, 0.3) is 0 Å². The van der Waals surface area contributed by atoms with Crippen LogP contribution >= 0.6 is 11.6 Å². The minimum absolute atomic E-state index is 0.230. The van der Waals surface area contributed by atoms with E-state index in [4.69, 9.17) is 16.3 Å². The van der Waals surface area contributed by atoms with Crippen molar-refractivity contribution in [3.63, 3.8) is 0 Å². The number of halogens is 1. The maximum absolute atomic E-state index is 6.01. The van der Waals surface area contributed by atoms with E-state index in [0.29, 0.717) is 11.0 Å². The number of nitrogens with zero attached hydrogens (tertiary/aromatic N) is 3. The summed E-state index contributed by atoms with van der Waals surface area (Å²) < 4.78 is 5.02. The fraction of sp³-hybridized carbons (Fsp3) is 0.308. The lowest BCUT2D eigenvalue weighted by Crippen LogP contribution is -1.99. The van der Waals surface area contributed by atoms with Crippen LogP contribution in [-0.2, 0) is 0 Å². The van der Waals surface area contributed by atoms with E-state index < -0.39 is 0 Å². The molecule has 5 heteroatoms. The van der Waals surface area contributed by atoms with Gasteiger partial charge in [-0.2, -0.15) is 0 Å². The molecule has 94 valence electrons. The Hall–Kier alpha value is -1.68. The van der Waals surface area contributed by atoms with Gasteiger partial charge in [0.05, 0.1) is 12.8 Å². The summed E-state index contributed by atoms with van der Waals surface area (Å²) in [5, 5.41) is 0.444. The molecule has 0 bridgehead atoms. The summed E-state index contributed by atoms with van der Waals surface area (Å²) in [7, 11) is 1.58. The average molecular weight is 264 g/mol. The van der Waals surface area contributed by atoms with Gasteiger partial charge < -0.3 is 4.74 Å². The summed E-state index contributed by atoms with van der Waals surface area (Å²) in [6.07, 6.45) is 1.71. The van der Waals surface area contributed by atoms with Crippen LogP contribution in [0.5, 0.6) is 5.88 Å². The van der Waals surface area contributed by atoms with Gasteiger partial charge in [0.2, 0.25) is 5.88 Å². The zero-order valence-electron chi connectivity index (χ0n) is 10.5. The van der Waals surface area contributed by atoms with E-state index in [1.54, 1.807) is 25.4 Å². The number of rotatable bonds is 3. The van der Waals surface area contributed by atoms with Crippen molar-refractivity contribution in [2.75, 3.05) is 7.11 Å². The van der Waals surface area contributed by atoms with Crippen molar-refractivity contribution in [3.8, 4) is 17.1 Å². The third-order valence-corrected chi connectivity index (χ3v) is 2.66. The van der Waals surface area contributed by atoms with E-state index >= 15 is 0 Å². The highest BCUT2D eigenvalue weighted by atomic mass is 35.5. The first kappa shape index (κ1) is 12.8. The summed E-state index contributed by atoms with van der Waals surface area (Å²) in [5.74, 6) is 1.53. The number of ether oxygens (including phenoxy) is 1. The second-order valence-corrected chi connectivity index (χ2v) is 4.57. The molecule has 0 aliphatic carbocycles. The van der Waals surface area contributed by atoms with Crippen LogP contribution in [0, 0.1) is 0 Å². The fourth-order valence-corrected chi connectivity index (χ4v) is 1.68. The molecule has 2 heterocycles. The molecule has 0 fully saturated rings. The van der Waals surface area contributed by atoms with Crippen LogP contribution in [0.3, 0.4) is 0 Å². The molecule has 0 aliphatic heterocycles. The second-order valence-electron chi connectivity index (χ2n) is 4.18. The Morgan fingerprint density at radius 2 is 2.00 bits per heavy atom. The molecule has 0 aromatic carbocycles. The minimum Gasteiger partial charge on any atom is -0.481 e. The highest BCUT2D eigenvalue weighted by molar-refractivity contribution is 6.29. The molecule has 2 aromatic heterocycles. The molecule has 0 saturated heterocycles. The normalized spacial score (nSPS) is 10.7. The highest BCUT2D eigenvalue weighted by Crippen LogP contribution is 2.23. The largest absolute Gasteiger partial charge is 0.481 e. The molecule has 2 aromatic rings. The zero-order valence-corrected chi connectivity index (χ0v) is 11.3. The Labute approximate surface area is 111 Å². The molecule has 18 heavy (non-hydrogen) atoms. The van der Waals surface area contributed by atoms with Gasteiger partial charge in [-0.05, 0) is 6.07 Å². The first-order valence-corrected chi connectivity index (χ1v) is 6.03. The van der Waals surface area contributed by atoms with Gasteiger partial charge >= 0.3 is 0 Å². The van der Waals surface area contributed by atoms with Gasteiger partial charge in [-0.3, -0.25) is 0 Å². The van der Waals surface area contributed by atoms with Crippen molar-refractivity contribution in [2.45, 2.75) is 19.8 Å². The second kappa shape index (κ2) is 5.31.